The molecular formula is C19H24N2O3. The monoisotopic (exact) mass is 328 g/mol. The number of hydrogen-bond acceptors (Lipinski definition) is 3. The number of carbonyl (C=O) groups excluding carboxylic acids is 2. The molecule has 2 amide bonds. The molecule has 1 aliphatic heterocycles. The lowest BCUT2D eigenvalue weighted by atomic mass is 9.95. The molecule has 0 bridgehead atoms. The topological polar surface area (TPSA) is 76.5 Å². The van der Waals surface area contributed by atoms with Gasteiger partial charge in [0.1, 0.15) is 5.58 Å². The van der Waals surface area contributed by atoms with Crippen LogP contribution in [0.25, 0.3) is 11.0 Å². The van der Waals surface area contributed by atoms with Gasteiger partial charge in [-0.05, 0) is 42.5 Å². The minimum absolute atomic E-state index is 0.0214. The lowest BCUT2D eigenvalue weighted by molar-refractivity contribution is -0.129. The Hall–Kier alpha value is -2.30. The van der Waals surface area contributed by atoms with Crippen molar-refractivity contribution in [2.24, 2.45) is 11.7 Å². The highest BCUT2D eigenvalue weighted by molar-refractivity contribution is 5.89. The summed E-state index contributed by atoms with van der Waals surface area (Å²) >= 11 is 0. The molecule has 24 heavy (non-hydrogen) atoms. The summed E-state index contributed by atoms with van der Waals surface area (Å²) in [5.74, 6) is -0.0998. The third-order valence-corrected chi connectivity index (χ3v) is 4.95. The maximum atomic E-state index is 12.5. The Balaban J connectivity index is 1.81. The summed E-state index contributed by atoms with van der Waals surface area (Å²) in [6, 6.07) is 4.18. The maximum Gasteiger partial charge on any atom is 0.227 e. The number of rotatable bonds is 4. The van der Waals surface area contributed by atoms with E-state index in [-0.39, 0.29) is 17.7 Å². The molecule has 1 aromatic heterocycles. The first-order valence-corrected chi connectivity index (χ1v) is 8.44. The van der Waals surface area contributed by atoms with Crippen molar-refractivity contribution in [2.75, 3.05) is 13.1 Å². The van der Waals surface area contributed by atoms with Crippen molar-refractivity contribution < 1.29 is 14.0 Å². The summed E-state index contributed by atoms with van der Waals surface area (Å²) in [7, 11) is 0. The van der Waals surface area contributed by atoms with Gasteiger partial charge in [0, 0.05) is 24.0 Å². The quantitative estimate of drug-likeness (QED) is 0.937. The SMILES string of the molecule is Cc1cc2occ(CC(=O)N3CCC(C(N)=O)C3)c2cc1C(C)C. The van der Waals surface area contributed by atoms with Gasteiger partial charge in [-0.1, -0.05) is 13.8 Å². The number of amides is 2. The Labute approximate surface area is 141 Å². The minimum atomic E-state index is -0.323. The van der Waals surface area contributed by atoms with Crippen molar-refractivity contribution >= 4 is 22.8 Å². The van der Waals surface area contributed by atoms with Crippen LogP contribution in [0.2, 0.25) is 0 Å². The van der Waals surface area contributed by atoms with Crippen LogP contribution in [-0.2, 0) is 16.0 Å². The van der Waals surface area contributed by atoms with Crippen molar-refractivity contribution in [3.05, 3.63) is 35.1 Å². The molecule has 1 saturated heterocycles. The second-order valence-corrected chi connectivity index (χ2v) is 7.03. The Morgan fingerprint density at radius 1 is 1.38 bits per heavy atom. The second-order valence-electron chi connectivity index (χ2n) is 7.03. The molecule has 2 N–H and O–H groups in total. The van der Waals surface area contributed by atoms with E-state index in [0.29, 0.717) is 31.8 Å². The summed E-state index contributed by atoms with van der Waals surface area (Å²) < 4.78 is 5.64. The second kappa shape index (κ2) is 6.30. The van der Waals surface area contributed by atoms with Crippen LogP contribution < -0.4 is 5.73 Å². The van der Waals surface area contributed by atoms with E-state index in [1.807, 2.05) is 6.07 Å². The zero-order valence-electron chi connectivity index (χ0n) is 14.5. The van der Waals surface area contributed by atoms with Crippen LogP contribution in [0.3, 0.4) is 0 Å². The molecule has 128 valence electrons. The fraction of sp³-hybridized carbons (Fsp3) is 0.474. The molecule has 1 aromatic carbocycles. The predicted molar refractivity (Wildman–Crippen MR) is 92.6 cm³/mol. The molecule has 5 nitrogen and oxygen atoms in total. The molecule has 2 aromatic rings. The summed E-state index contributed by atoms with van der Waals surface area (Å²) in [5, 5.41) is 1.00. The Morgan fingerprint density at radius 3 is 2.75 bits per heavy atom. The number of carbonyl (C=O) groups is 2. The summed E-state index contributed by atoms with van der Waals surface area (Å²) in [4.78, 5) is 25.5. The number of furan rings is 1. The fourth-order valence-electron chi connectivity index (χ4n) is 3.50. The summed E-state index contributed by atoms with van der Waals surface area (Å²) in [6.45, 7) is 7.43. The molecule has 0 radical (unpaired) electrons. The smallest absolute Gasteiger partial charge is 0.227 e. The van der Waals surface area contributed by atoms with Gasteiger partial charge in [0.2, 0.25) is 11.8 Å². The van der Waals surface area contributed by atoms with Crippen molar-refractivity contribution in [1.82, 2.24) is 4.90 Å². The van der Waals surface area contributed by atoms with Gasteiger partial charge in [-0.15, -0.1) is 0 Å². The number of aryl methyl sites for hydroxylation is 1. The van der Waals surface area contributed by atoms with Crippen molar-refractivity contribution in [3.8, 4) is 0 Å². The molecule has 1 fully saturated rings. The van der Waals surface area contributed by atoms with Crippen LogP contribution in [0.15, 0.2) is 22.8 Å². The molecule has 1 atom stereocenters. The fourth-order valence-corrected chi connectivity index (χ4v) is 3.50. The molecule has 1 unspecified atom stereocenters. The van der Waals surface area contributed by atoms with Crippen LogP contribution in [-0.4, -0.2) is 29.8 Å². The molecule has 1 aliphatic rings. The Bertz CT molecular complexity index is 791. The van der Waals surface area contributed by atoms with Crippen molar-refractivity contribution in [3.63, 3.8) is 0 Å². The van der Waals surface area contributed by atoms with E-state index in [4.69, 9.17) is 10.2 Å². The van der Waals surface area contributed by atoms with E-state index in [2.05, 4.69) is 26.8 Å². The van der Waals surface area contributed by atoms with E-state index in [0.717, 1.165) is 16.5 Å². The van der Waals surface area contributed by atoms with Crippen molar-refractivity contribution in [2.45, 2.75) is 39.5 Å². The normalized spacial score (nSPS) is 17.8. The largest absolute Gasteiger partial charge is 0.464 e. The van der Waals surface area contributed by atoms with E-state index in [1.165, 1.54) is 11.1 Å². The van der Waals surface area contributed by atoms with Gasteiger partial charge in [0.15, 0.2) is 0 Å². The standard InChI is InChI=1S/C19H24N2O3/c1-11(2)15-8-16-14(10-24-17(16)6-12(15)3)7-18(22)21-5-4-13(9-21)19(20)23/h6,8,10-11,13H,4-5,7,9H2,1-3H3,(H2,20,23). The Kier molecular flexibility index (Phi) is 4.35. The number of nitrogens with two attached hydrogens (primary N) is 1. The first-order valence-electron chi connectivity index (χ1n) is 8.44. The van der Waals surface area contributed by atoms with Gasteiger partial charge >= 0.3 is 0 Å². The van der Waals surface area contributed by atoms with Gasteiger partial charge < -0.3 is 15.1 Å². The number of nitrogens with zero attached hydrogens (tertiary/aromatic N) is 1. The molecule has 0 spiro atoms. The average Bonchev–Trinajstić information content (AvgIpc) is 3.13. The van der Waals surface area contributed by atoms with E-state index in [1.54, 1.807) is 11.2 Å². The highest BCUT2D eigenvalue weighted by Crippen LogP contribution is 2.29. The summed E-state index contributed by atoms with van der Waals surface area (Å²) in [6.07, 6.45) is 2.62. The van der Waals surface area contributed by atoms with Gasteiger partial charge in [0.25, 0.3) is 0 Å². The van der Waals surface area contributed by atoms with Crippen LogP contribution in [0.1, 0.15) is 42.9 Å². The zero-order valence-corrected chi connectivity index (χ0v) is 14.5. The number of hydrogen-bond donors (Lipinski definition) is 1. The van der Waals surface area contributed by atoms with Crippen LogP contribution in [0.5, 0.6) is 0 Å². The van der Waals surface area contributed by atoms with E-state index >= 15 is 0 Å². The van der Waals surface area contributed by atoms with Gasteiger partial charge in [-0.2, -0.15) is 0 Å². The van der Waals surface area contributed by atoms with Crippen LogP contribution in [0.4, 0.5) is 0 Å². The van der Waals surface area contributed by atoms with Crippen LogP contribution in [0, 0.1) is 12.8 Å². The van der Waals surface area contributed by atoms with Gasteiger partial charge in [0.05, 0.1) is 18.6 Å². The van der Waals surface area contributed by atoms with Crippen LogP contribution >= 0.6 is 0 Å². The van der Waals surface area contributed by atoms with Gasteiger partial charge in [-0.3, -0.25) is 9.59 Å². The highest BCUT2D eigenvalue weighted by atomic mass is 16.3. The maximum absolute atomic E-state index is 12.5. The number of primary amides is 1. The third kappa shape index (κ3) is 3.03. The molecule has 3 rings (SSSR count). The first kappa shape index (κ1) is 16.6. The molecule has 0 saturated carbocycles. The van der Waals surface area contributed by atoms with E-state index in [9.17, 15) is 9.59 Å². The van der Waals surface area contributed by atoms with E-state index < -0.39 is 0 Å². The first-order chi connectivity index (χ1) is 11.4. The molecule has 5 heteroatoms. The molecular weight excluding hydrogens is 304 g/mol. The average molecular weight is 328 g/mol. The number of benzene rings is 1. The molecule has 0 aliphatic carbocycles. The number of fused-ring (bicyclic) bond motifs is 1. The lowest BCUT2D eigenvalue weighted by Gasteiger charge is -2.15. The lowest BCUT2D eigenvalue weighted by Crippen LogP contribution is -2.32. The summed E-state index contributed by atoms with van der Waals surface area (Å²) in [5.41, 5.74) is 9.53. The molecule has 2 heterocycles. The minimum Gasteiger partial charge on any atom is -0.464 e. The van der Waals surface area contributed by atoms with Crippen molar-refractivity contribution in [1.29, 1.82) is 0 Å². The Morgan fingerprint density at radius 2 is 2.12 bits per heavy atom. The predicted octanol–water partition coefficient (Wildman–Crippen LogP) is 2.74. The van der Waals surface area contributed by atoms with Gasteiger partial charge in [-0.25, -0.2) is 0 Å². The zero-order chi connectivity index (χ0) is 17.4. The highest BCUT2D eigenvalue weighted by Gasteiger charge is 2.30. The number of likely N-dealkylation sites (tertiary alicyclic amines) is 1. The third-order valence-electron chi connectivity index (χ3n) is 4.95.